The molecular formula is C12H12O3. The Kier molecular flexibility index (Phi) is 4.16. The predicted molar refractivity (Wildman–Crippen MR) is 58.8 cm³/mol. The number of methoxy groups -OCH3 is 1. The van der Waals surface area contributed by atoms with E-state index in [4.69, 9.17) is 9.84 Å². The number of aliphatic carboxylic acids is 1. The Hall–Kier alpha value is -2.03. The number of carboxylic acids is 1. The Balaban J connectivity index is 2.61. The summed E-state index contributed by atoms with van der Waals surface area (Å²) in [6, 6.07) is 7.48. The lowest BCUT2D eigenvalue weighted by molar-refractivity contribution is -0.131. The molecule has 0 bridgehead atoms. The molecule has 0 atom stereocenters. The van der Waals surface area contributed by atoms with Crippen LogP contribution < -0.4 is 4.74 Å². The molecule has 0 fully saturated rings. The molecule has 1 aromatic carbocycles. The second-order valence-electron chi connectivity index (χ2n) is 2.83. The van der Waals surface area contributed by atoms with E-state index in [2.05, 4.69) is 0 Å². The van der Waals surface area contributed by atoms with Crippen molar-refractivity contribution < 1.29 is 14.6 Å². The molecule has 0 saturated carbocycles. The van der Waals surface area contributed by atoms with Crippen LogP contribution in [0.1, 0.15) is 5.56 Å². The molecule has 3 heteroatoms. The van der Waals surface area contributed by atoms with Gasteiger partial charge in [0.1, 0.15) is 5.75 Å². The molecule has 0 saturated heterocycles. The summed E-state index contributed by atoms with van der Waals surface area (Å²) < 4.78 is 5.01. The maximum Gasteiger partial charge on any atom is 0.328 e. The Labute approximate surface area is 88.3 Å². The summed E-state index contributed by atoms with van der Waals surface area (Å²) in [7, 11) is 1.61. The number of ether oxygens (including phenoxy) is 1. The van der Waals surface area contributed by atoms with Crippen molar-refractivity contribution in [1.82, 2.24) is 0 Å². The van der Waals surface area contributed by atoms with Gasteiger partial charge in [0, 0.05) is 6.08 Å². The average molecular weight is 204 g/mol. The van der Waals surface area contributed by atoms with E-state index in [1.807, 2.05) is 30.3 Å². The monoisotopic (exact) mass is 204 g/mol. The molecule has 0 unspecified atom stereocenters. The first-order valence-electron chi connectivity index (χ1n) is 4.44. The van der Waals surface area contributed by atoms with Gasteiger partial charge in [-0.1, -0.05) is 30.4 Å². The molecule has 0 aliphatic heterocycles. The molecule has 0 radical (unpaired) electrons. The van der Waals surface area contributed by atoms with Crippen molar-refractivity contribution in [2.75, 3.05) is 7.11 Å². The SMILES string of the molecule is COc1ccc(C=CC=CC(=O)O)cc1. The minimum Gasteiger partial charge on any atom is -0.497 e. The summed E-state index contributed by atoms with van der Waals surface area (Å²) >= 11 is 0. The zero-order chi connectivity index (χ0) is 11.1. The number of benzene rings is 1. The van der Waals surface area contributed by atoms with Crippen LogP contribution >= 0.6 is 0 Å². The van der Waals surface area contributed by atoms with Crippen molar-refractivity contribution in [2.24, 2.45) is 0 Å². The Morgan fingerprint density at radius 2 is 1.93 bits per heavy atom. The summed E-state index contributed by atoms with van der Waals surface area (Å²) in [6.07, 6.45) is 6.06. The van der Waals surface area contributed by atoms with E-state index in [0.717, 1.165) is 17.4 Å². The summed E-state index contributed by atoms with van der Waals surface area (Å²) in [5.74, 6) is -0.150. The Morgan fingerprint density at radius 3 is 2.47 bits per heavy atom. The molecule has 0 heterocycles. The van der Waals surface area contributed by atoms with Gasteiger partial charge in [0.2, 0.25) is 0 Å². The second-order valence-corrected chi connectivity index (χ2v) is 2.83. The van der Waals surface area contributed by atoms with Crippen molar-refractivity contribution in [3.63, 3.8) is 0 Å². The lowest BCUT2D eigenvalue weighted by Gasteiger charge is -1.98. The Bertz CT molecular complexity index is 374. The van der Waals surface area contributed by atoms with Gasteiger partial charge in [0.25, 0.3) is 0 Å². The third-order valence-electron chi connectivity index (χ3n) is 1.75. The van der Waals surface area contributed by atoms with Crippen molar-refractivity contribution in [2.45, 2.75) is 0 Å². The van der Waals surface area contributed by atoms with Gasteiger partial charge >= 0.3 is 5.97 Å². The zero-order valence-corrected chi connectivity index (χ0v) is 8.38. The highest BCUT2D eigenvalue weighted by atomic mass is 16.5. The van der Waals surface area contributed by atoms with Crippen LogP contribution in [0.5, 0.6) is 5.75 Å². The van der Waals surface area contributed by atoms with E-state index in [0.29, 0.717) is 0 Å². The predicted octanol–water partition coefficient (Wildman–Crippen LogP) is 2.35. The first kappa shape index (κ1) is 11.0. The van der Waals surface area contributed by atoms with Crippen LogP contribution in [-0.4, -0.2) is 18.2 Å². The van der Waals surface area contributed by atoms with Crippen LogP contribution in [0.3, 0.4) is 0 Å². The minimum absolute atomic E-state index is 0.799. The number of rotatable bonds is 4. The largest absolute Gasteiger partial charge is 0.497 e. The van der Waals surface area contributed by atoms with Gasteiger partial charge in [-0.2, -0.15) is 0 Å². The van der Waals surface area contributed by atoms with E-state index in [1.165, 1.54) is 6.08 Å². The van der Waals surface area contributed by atoms with Gasteiger partial charge in [-0.3, -0.25) is 0 Å². The fourth-order valence-corrected chi connectivity index (χ4v) is 1.02. The van der Waals surface area contributed by atoms with Gasteiger partial charge in [-0.15, -0.1) is 0 Å². The first-order chi connectivity index (χ1) is 7.22. The third kappa shape index (κ3) is 4.13. The van der Waals surface area contributed by atoms with Crippen LogP contribution in [0, 0.1) is 0 Å². The van der Waals surface area contributed by atoms with Crippen LogP contribution in [0.25, 0.3) is 6.08 Å². The van der Waals surface area contributed by atoms with Gasteiger partial charge in [-0.25, -0.2) is 4.79 Å². The van der Waals surface area contributed by atoms with E-state index in [-0.39, 0.29) is 0 Å². The van der Waals surface area contributed by atoms with Crippen LogP contribution in [-0.2, 0) is 4.79 Å². The highest BCUT2D eigenvalue weighted by molar-refractivity contribution is 5.80. The molecule has 0 aromatic heterocycles. The van der Waals surface area contributed by atoms with E-state index in [1.54, 1.807) is 13.2 Å². The van der Waals surface area contributed by atoms with Crippen molar-refractivity contribution in [3.8, 4) is 5.75 Å². The third-order valence-corrected chi connectivity index (χ3v) is 1.75. The highest BCUT2D eigenvalue weighted by Gasteiger charge is 1.88. The fourth-order valence-electron chi connectivity index (χ4n) is 1.02. The van der Waals surface area contributed by atoms with Crippen molar-refractivity contribution in [3.05, 3.63) is 48.1 Å². The van der Waals surface area contributed by atoms with Crippen LogP contribution in [0.4, 0.5) is 0 Å². The van der Waals surface area contributed by atoms with Gasteiger partial charge in [0.05, 0.1) is 7.11 Å². The van der Waals surface area contributed by atoms with E-state index < -0.39 is 5.97 Å². The number of hydrogen-bond donors (Lipinski definition) is 1. The number of carbonyl (C=O) groups is 1. The summed E-state index contributed by atoms with van der Waals surface area (Å²) in [4.78, 5) is 10.2. The lowest BCUT2D eigenvalue weighted by atomic mass is 10.2. The summed E-state index contributed by atoms with van der Waals surface area (Å²) in [6.45, 7) is 0. The number of hydrogen-bond acceptors (Lipinski definition) is 2. The second kappa shape index (κ2) is 5.65. The maximum absolute atomic E-state index is 10.2. The molecule has 0 amide bonds. The molecule has 0 aliphatic rings. The van der Waals surface area contributed by atoms with Gasteiger partial charge < -0.3 is 9.84 Å². The molecule has 15 heavy (non-hydrogen) atoms. The quantitative estimate of drug-likeness (QED) is 0.605. The number of carboxylic acid groups (broad SMARTS) is 1. The van der Waals surface area contributed by atoms with Gasteiger partial charge in [-0.05, 0) is 17.7 Å². The van der Waals surface area contributed by atoms with E-state index >= 15 is 0 Å². The van der Waals surface area contributed by atoms with Gasteiger partial charge in [0.15, 0.2) is 0 Å². The highest BCUT2D eigenvalue weighted by Crippen LogP contribution is 2.12. The van der Waals surface area contributed by atoms with Crippen LogP contribution in [0.15, 0.2) is 42.5 Å². The molecule has 1 aromatic rings. The fraction of sp³-hybridized carbons (Fsp3) is 0.0833. The normalized spacial score (nSPS) is 11.0. The maximum atomic E-state index is 10.2. The minimum atomic E-state index is -0.950. The molecule has 0 spiro atoms. The summed E-state index contributed by atoms with van der Waals surface area (Å²) in [5.41, 5.74) is 0.992. The Morgan fingerprint density at radius 1 is 1.27 bits per heavy atom. The van der Waals surface area contributed by atoms with Crippen molar-refractivity contribution >= 4 is 12.0 Å². The van der Waals surface area contributed by atoms with E-state index in [9.17, 15) is 4.79 Å². The number of allylic oxidation sites excluding steroid dienone is 2. The topological polar surface area (TPSA) is 46.5 Å². The van der Waals surface area contributed by atoms with Crippen LogP contribution in [0.2, 0.25) is 0 Å². The standard InChI is InChI=1S/C12H12O3/c1-15-11-8-6-10(7-9-11)4-2-3-5-12(13)14/h2-9H,1H3,(H,13,14). The summed E-state index contributed by atoms with van der Waals surface area (Å²) in [5, 5.41) is 8.34. The smallest absolute Gasteiger partial charge is 0.328 e. The lowest BCUT2D eigenvalue weighted by Crippen LogP contribution is -1.84. The molecule has 0 aliphatic carbocycles. The molecule has 78 valence electrons. The molecular weight excluding hydrogens is 192 g/mol. The molecule has 1 rings (SSSR count). The first-order valence-corrected chi connectivity index (χ1v) is 4.44. The molecule has 3 nitrogen and oxygen atoms in total. The van der Waals surface area contributed by atoms with Crippen molar-refractivity contribution in [1.29, 1.82) is 0 Å². The zero-order valence-electron chi connectivity index (χ0n) is 8.38. The average Bonchev–Trinajstić information content (AvgIpc) is 2.25. The molecule has 1 N–H and O–H groups in total.